The maximum Gasteiger partial charge on any atom is 0.260 e. The van der Waals surface area contributed by atoms with Crippen molar-refractivity contribution in [3.8, 4) is 10.4 Å². The van der Waals surface area contributed by atoms with Gasteiger partial charge in [-0.05, 0) is 60.9 Å². The van der Waals surface area contributed by atoms with Crippen LogP contribution in [-0.2, 0) is 12.8 Å². The molecule has 0 fully saturated rings. The number of hydrogen-bond acceptors (Lipinski definition) is 5. The molecule has 27 heavy (non-hydrogen) atoms. The minimum absolute atomic E-state index is 0.0674. The largest absolute Gasteiger partial charge is 0.375 e. The Morgan fingerprint density at radius 2 is 2.07 bits per heavy atom. The Kier molecular flexibility index (Phi) is 4.10. The third-order valence-corrected chi connectivity index (χ3v) is 6.92. The Bertz CT molecular complexity index is 1170. The third kappa shape index (κ3) is 2.99. The Balaban J connectivity index is 1.47. The lowest BCUT2D eigenvalue weighted by atomic mass is 10.1. The summed E-state index contributed by atoms with van der Waals surface area (Å²) in [6, 6.07) is 10.5. The van der Waals surface area contributed by atoms with Gasteiger partial charge in [0, 0.05) is 21.5 Å². The highest BCUT2D eigenvalue weighted by molar-refractivity contribution is 7.18. The Hall–Kier alpha value is -2.44. The molecule has 0 spiro atoms. The number of fused-ring (bicyclic) bond motifs is 2. The summed E-state index contributed by atoms with van der Waals surface area (Å²) in [6.45, 7) is 2.03. The highest BCUT2D eigenvalue weighted by Gasteiger charge is 2.17. The lowest BCUT2D eigenvalue weighted by Gasteiger charge is -2.15. The molecule has 0 unspecified atom stereocenters. The molecule has 1 aliphatic carbocycles. The number of aryl methyl sites for hydroxylation is 2. The molecule has 0 saturated carbocycles. The summed E-state index contributed by atoms with van der Waals surface area (Å²) >= 11 is 3.17. The number of nitrogens with one attached hydrogen (secondary N) is 2. The summed E-state index contributed by atoms with van der Waals surface area (Å²) in [5.74, 6) is 0.674. The minimum Gasteiger partial charge on any atom is -0.375 e. The zero-order valence-electron chi connectivity index (χ0n) is 14.9. The molecule has 6 heteroatoms. The Morgan fingerprint density at radius 3 is 2.93 bits per heavy atom. The number of rotatable bonds is 4. The SMILES string of the molecule is C[C@@H](Nc1ccc2c(c1)CCC2)c1nc2scc(-c3cccs3)c2c(=O)[nH]1. The standard InChI is InChI=1S/C21H19N3OS2/c1-12(22-15-8-7-13-4-2-5-14(13)10-15)19-23-20(25)18-16(11-27-21(18)24-19)17-6-3-9-26-17/h3,6-12,22H,2,4-5H2,1H3,(H,23,24,25)/t12-/m1/s1. The molecule has 3 heterocycles. The van der Waals surface area contributed by atoms with Crippen LogP contribution in [0.4, 0.5) is 5.69 Å². The van der Waals surface area contributed by atoms with Crippen LogP contribution in [0.3, 0.4) is 0 Å². The first-order valence-corrected chi connectivity index (χ1v) is 10.9. The average molecular weight is 394 g/mol. The monoisotopic (exact) mass is 393 g/mol. The number of anilines is 1. The summed E-state index contributed by atoms with van der Waals surface area (Å²) in [5.41, 5.74) is 4.88. The van der Waals surface area contributed by atoms with Crippen molar-refractivity contribution in [3.05, 3.63) is 68.4 Å². The molecule has 0 saturated heterocycles. The van der Waals surface area contributed by atoms with Gasteiger partial charge in [0.2, 0.25) is 0 Å². The van der Waals surface area contributed by atoms with Gasteiger partial charge < -0.3 is 10.3 Å². The van der Waals surface area contributed by atoms with Gasteiger partial charge in [0.05, 0.1) is 11.4 Å². The fourth-order valence-electron chi connectivity index (χ4n) is 3.76. The molecule has 4 aromatic rings. The molecule has 1 atom stereocenters. The number of benzene rings is 1. The van der Waals surface area contributed by atoms with E-state index in [9.17, 15) is 4.79 Å². The van der Waals surface area contributed by atoms with Gasteiger partial charge in [-0.15, -0.1) is 22.7 Å². The van der Waals surface area contributed by atoms with E-state index in [0.29, 0.717) is 11.2 Å². The van der Waals surface area contributed by atoms with E-state index in [2.05, 4.69) is 28.5 Å². The van der Waals surface area contributed by atoms with E-state index >= 15 is 0 Å². The highest BCUT2D eigenvalue weighted by Crippen LogP contribution is 2.34. The van der Waals surface area contributed by atoms with Crippen LogP contribution in [0.5, 0.6) is 0 Å². The smallest absolute Gasteiger partial charge is 0.260 e. The molecule has 1 aromatic carbocycles. The van der Waals surface area contributed by atoms with Crippen molar-refractivity contribution in [2.75, 3.05) is 5.32 Å². The van der Waals surface area contributed by atoms with Crippen molar-refractivity contribution in [3.63, 3.8) is 0 Å². The molecular formula is C21H19N3OS2. The van der Waals surface area contributed by atoms with Gasteiger partial charge in [0.1, 0.15) is 10.7 Å². The van der Waals surface area contributed by atoms with Gasteiger partial charge in [0.25, 0.3) is 5.56 Å². The molecule has 0 radical (unpaired) electrons. The number of hydrogen-bond donors (Lipinski definition) is 2. The lowest BCUT2D eigenvalue weighted by molar-refractivity contribution is 0.792. The van der Waals surface area contributed by atoms with Crippen LogP contribution in [0.2, 0.25) is 0 Å². The van der Waals surface area contributed by atoms with Crippen LogP contribution in [-0.4, -0.2) is 9.97 Å². The molecule has 5 rings (SSSR count). The quantitative estimate of drug-likeness (QED) is 0.490. The molecule has 0 aliphatic heterocycles. The summed E-state index contributed by atoms with van der Waals surface area (Å²) < 4.78 is 0. The molecule has 2 N–H and O–H groups in total. The van der Waals surface area contributed by atoms with Gasteiger partial charge >= 0.3 is 0 Å². The van der Waals surface area contributed by atoms with Crippen LogP contribution in [0.15, 0.2) is 45.9 Å². The molecule has 136 valence electrons. The molecule has 0 amide bonds. The topological polar surface area (TPSA) is 57.8 Å². The van der Waals surface area contributed by atoms with E-state index in [1.807, 2.05) is 29.8 Å². The summed E-state index contributed by atoms with van der Waals surface area (Å²) in [6.07, 6.45) is 3.58. The Morgan fingerprint density at radius 1 is 1.19 bits per heavy atom. The first-order chi connectivity index (χ1) is 13.2. The molecule has 4 nitrogen and oxygen atoms in total. The van der Waals surface area contributed by atoms with Crippen molar-refractivity contribution in [1.29, 1.82) is 0 Å². The van der Waals surface area contributed by atoms with Crippen LogP contribution in [0.25, 0.3) is 20.7 Å². The number of nitrogens with zero attached hydrogens (tertiary/aromatic N) is 1. The van der Waals surface area contributed by atoms with Gasteiger partial charge in [-0.25, -0.2) is 4.98 Å². The Labute approximate surface area is 164 Å². The first kappa shape index (κ1) is 16.7. The normalized spacial score (nSPS) is 14.4. The van der Waals surface area contributed by atoms with Gasteiger partial charge in [-0.2, -0.15) is 0 Å². The van der Waals surface area contributed by atoms with Crippen molar-refractivity contribution in [2.45, 2.75) is 32.2 Å². The maximum atomic E-state index is 12.8. The second-order valence-corrected chi connectivity index (χ2v) is 8.77. The second kappa shape index (κ2) is 6.62. The zero-order chi connectivity index (χ0) is 18.4. The minimum atomic E-state index is -0.0751. The van der Waals surface area contributed by atoms with Gasteiger partial charge in [-0.3, -0.25) is 4.79 Å². The van der Waals surface area contributed by atoms with Gasteiger partial charge in [-0.1, -0.05) is 12.1 Å². The van der Waals surface area contributed by atoms with Crippen LogP contribution < -0.4 is 10.9 Å². The van der Waals surface area contributed by atoms with E-state index < -0.39 is 0 Å². The van der Waals surface area contributed by atoms with Crippen LogP contribution in [0.1, 0.15) is 36.3 Å². The van der Waals surface area contributed by atoms with Crippen molar-refractivity contribution in [1.82, 2.24) is 9.97 Å². The van der Waals surface area contributed by atoms with Crippen LogP contribution >= 0.6 is 22.7 Å². The van der Waals surface area contributed by atoms with Crippen LogP contribution in [0, 0.1) is 0 Å². The van der Waals surface area contributed by atoms with Crippen molar-refractivity contribution < 1.29 is 0 Å². The highest BCUT2D eigenvalue weighted by atomic mass is 32.1. The average Bonchev–Trinajstić information content (AvgIpc) is 3.40. The van der Waals surface area contributed by atoms with E-state index in [4.69, 9.17) is 4.98 Å². The predicted octanol–water partition coefficient (Wildman–Crippen LogP) is 5.37. The first-order valence-electron chi connectivity index (χ1n) is 9.12. The molecular weight excluding hydrogens is 374 g/mol. The number of H-pyrrole nitrogens is 1. The zero-order valence-corrected chi connectivity index (χ0v) is 16.5. The second-order valence-electron chi connectivity index (χ2n) is 6.96. The van der Waals surface area contributed by atoms with E-state index in [0.717, 1.165) is 27.4 Å². The molecule has 0 bridgehead atoms. The van der Waals surface area contributed by atoms with E-state index in [1.165, 1.54) is 35.3 Å². The van der Waals surface area contributed by atoms with Gasteiger partial charge in [0.15, 0.2) is 0 Å². The summed E-state index contributed by atoms with van der Waals surface area (Å²) in [5, 5.41) is 8.23. The molecule has 1 aliphatic rings. The van der Waals surface area contributed by atoms with Crippen molar-refractivity contribution >= 4 is 38.6 Å². The number of aromatic nitrogens is 2. The summed E-state index contributed by atoms with van der Waals surface area (Å²) in [7, 11) is 0. The van der Waals surface area contributed by atoms with Crippen molar-refractivity contribution in [2.24, 2.45) is 0 Å². The fourth-order valence-corrected chi connectivity index (χ4v) is 5.53. The maximum absolute atomic E-state index is 12.8. The lowest BCUT2D eigenvalue weighted by Crippen LogP contribution is -2.17. The fraction of sp³-hybridized carbons (Fsp3) is 0.238. The number of aromatic amines is 1. The van der Waals surface area contributed by atoms with E-state index in [1.54, 1.807) is 11.3 Å². The predicted molar refractivity (Wildman–Crippen MR) is 114 cm³/mol. The number of thiophene rings is 2. The van der Waals surface area contributed by atoms with E-state index in [-0.39, 0.29) is 11.6 Å². The third-order valence-electron chi connectivity index (χ3n) is 5.14. The molecule has 3 aromatic heterocycles. The summed E-state index contributed by atoms with van der Waals surface area (Å²) in [4.78, 5) is 22.4.